The fraction of sp³-hybridized carbons (Fsp3) is 0. The van der Waals surface area contributed by atoms with Gasteiger partial charge >= 0.3 is 0 Å². The van der Waals surface area contributed by atoms with Gasteiger partial charge in [0.25, 0.3) is 0 Å². The number of fused-ring (bicyclic) bond motifs is 5. The van der Waals surface area contributed by atoms with E-state index < -0.39 is 0 Å². The van der Waals surface area contributed by atoms with Crippen molar-refractivity contribution in [2.24, 2.45) is 0 Å². The lowest BCUT2D eigenvalue weighted by Crippen LogP contribution is -2.02. The van der Waals surface area contributed by atoms with Crippen LogP contribution >= 0.6 is 0 Å². The van der Waals surface area contributed by atoms with E-state index in [9.17, 15) is 0 Å². The molecule has 0 saturated heterocycles. The summed E-state index contributed by atoms with van der Waals surface area (Å²) in [4.78, 5) is 23.6. The van der Waals surface area contributed by atoms with Gasteiger partial charge in [-0.15, -0.1) is 0 Å². The van der Waals surface area contributed by atoms with Crippen LogP contribution in [0.1, 0.15) is 0 Å². The highest BCUT2D eigenvalue weighted by atomic mass is 15.1. The first kappa shape index (κ1) is 26.0. The van der Waals surface area contributed by atoms with Crippen LogP contribution in [0.15, 0.2) is 152 Å². The fourth-order valence-corrected chi connectivity index (χ4v) is 6.25. The van der Waals surface area contributed by atoms with Gasteiger partial charge in [0.1, 0.15) is 11.4 Å². The summed E-state index contributed by atoms with van der Waals surface area (Å²) in [5.74, 6) is 1.54. The summed E-state index contributed by atoms with van der Waals surface area (Å²) in [6.45, 7) is 0. The molecule has 4 aromatic carbocycles. The van der Waals surface area contributed by atoms with Crippen molar-refractivity contribution in [2.45, 2.75) is 0 Å². The Morgan fingerprint density at radius 1 is 0.457 bits per heavy atom. The molecule has 9 aromatic rings. The van der Waals surface area contributed by atoms with E-state index in [2.05, 4.69) is 110 Å². The topological polar surface area (TPSA) is 74.3 Å². The number of benzene rings is 4. The Labute approximate surface area is 264 Å². The molecule has 9 rings (SSSR count). The quantitative estimate of drug-likeness (QED) is 0.200. The third-order valence-corrected chi connectivity index (χ3v) is 8.31. The average Bonchev–Trinajstić information content (AvgIpc) is 3.72. The van der Waals surface area contributed by atoms with E-state index in [1.54, 1.807) is 12.4 Å². The number of nitrogens with zero attached hydrogens (tertiary/aromatic N) is 7. The molecule has 0 aliphatic carbocycles. The van der Waals surface area contributed by atoms with E-state index >= 15 is 0 Å². The molecule has 7 nitrogen and oxygen atoms in total. The van der Waals surface area contributed by atoms with Crippen LogP contribution in [0.5, 0.6) is 0 Å². The van der Waals surface area contributed by atoms with E-state index in [4.69, 9.17) is 15.0 Å². The lowest BCUT2D eigenvalue weighted by molar-refractivity contribution is 1.04. The zero-order valence-corrected chi connectivity index (χ0v) is 24.6. The molecule has 7 heteroatoms. The fourth-order valence-electron chi connectivity index (χ4n) is 6.25. The molecule has 0 bridgehead atoms. The Morgan fingerprint density at radius 3 is 1.87 bits per heavy atom. The van der Waals surface area contributed by atoms with Gasteiger partial charge in [-0.2, -0.15) is 0 Å². The molecule has 46 heavy (non-hydrogen) atoms. The molecule has 5 aromatic heterocycles. The Hall–Kier alpha value is -6.47. The third kappa shape index (κ3) is 4.25. The number of para-hydroxylation sites is 2. The van der Waals surface area contributed by atoms with Crippen LogP contribution in [0.4, 0.5) is 0 Å². The molecular weight excluding hydrogens is 566 g/mol. The van der Waals surface area contributed by atoms with Gasteiger partial charge in [-0.25, -0.2) is 15.0 Å². The van der Waals surface area contributed by atoms with Crippen LogP contribution in [-0.2, 0) is 0 Å². The molecule has 0 radical (unpaired) electrons. The van der Waals surface area contributed by atoms with E-state index in [0.717, 1.165) is 33.5 Å². The first-order valence-electron chi connectivity index (χ1n) is 15.1. The number of hydrogen-bond acceptors (Lipinski definition) is 5. The summed E-state index contributed by atoms with van der Waals surface area (Å²) in [7, 11) is 0. The highest BCUT2D eigenvalue weighted by molar-refractivity contribution is 6.18. The average molecular weight is 592 g/mol. The van der Waals surface area contributed by atoms with Crippen molar-refractivity contribution >= 4 is 32.7 Å². The van der Waals surface area contributed by atoms with Gasteiger partial charge in [0.2, 0.25) is 0 Å². The maximum absolute atomic E-state index is 4.92. The van der Waals surface area contributed by atoms with E-state index in [-0.39, 0.29) is 0 Å². The number of hydrogen-bond donors (Lipinski definition) is 0. The molecule has 0 aliphatic rings. The predicted molar refractivity (Wildman–Crippen MR) is 183 cm³/mol. The second-order valence-corrected chi connectivity index (χ2v) is 11.1. The van der Waals surface area contributed by atoms with Gasteiger partial charge in [-0.3, -0.25) is 9.97 Å². The molecule has 0 N–H and O–H groups in total. The maximum Gasteiger partial charge on any atom is 0.182 e. The minimum atomic E-state index is 0.496. The molecule has 5 heterocycles. The van der Waals surface area contributed by atoms with Crippen molar-refractivity contribution < 1.29 is 0 Å². The van der Waals surface area contributed by atoms with E-state index in [1.807, 2.05) is 48.5 Å². The van der Waals surface area contributed by atoms with Crippen LogP contribution in [-0.4, -0.2) is 34.1 Å². The first-order chi connectivity index (χ1) is 22.8. The Bertz CT molecular complexity index is 2460. The summed E-state index contributed by atoms with van der Waals surface area (Å²) in [5, 5.41) is 3.56. The van der Waals surface area contributed by atoms with Crippen LogP contribution in [0, 0.1) is 0 Å². The van der Waals surface area contributed by atoms with Crippen LogP contribution in [0.3, 0.4) is 0 Å². The predicted octanol–water partition coefficient (Wildman–Crippen LogP) is 8.70. The van der Waals surface area contributed by atoms with Crippen molar-refractivity contribution in [3.05, 3.63) is 152 Å². The highest BCUT2D eigenvalue weighted by Gasteiger charge is 2.19. The maximum atomic E-state index is 4.92. The molecule has 0 amide bonds. The van der Waals surface area contributed by atoms with E-state index in [0.29, 0.717) is 28.9 Å². The first-order valence-corrected chi connectivity index (χ1v) is 15.1. The monoisotopic (exact) mass is 591 g/mol. The van der Waals surface area contributed by atoms with Crippen LogP contribution < -0.4 is 0 Å². The Kier molecular flexibility index (Phi) is 5.99. The minimum absolute atomic E-state index is 0.496. The van der Waals surface area contributed by atoms with Gasteiger partial charge in [0.05, 0.1) is 16.6 Å². The summed E-state index contributed by atoms with van der Waals surface area (Å²) in [6.07, 6.45) is 5.64. The minimum Gasteiger partial charge on any atom is -0.315 e. The standard InChI is InChI=1S/C39H25N7/c1-2-12-28(13-3-1)45-24-21-26-19-20-31-30-15-4-5-18-34(30)46(36(31)35(26)45)29-14-10-11-27(25-29)37-42-38(32-16-6-8-22-40-32)44-39(43-37)33-17-7-9-23-41-33/h1-25H. The van der Waals surface area contributed by atoms with Gasteiger partial charge in [-0.1, -0.05) is 72.8 Å². The van der Waals surface area contributed by atoms with Crippen molar-refractivity contribution in [3.63, 3.8) is 0 Å². The Morgan fingerprint density at radius 2 is 1.13 bits per heavy atom. The molecule has 0 saturated carbocycles. The van der Waals surface area contributed by atoms with Crippen molar-refractivity contribution in [1.29, 1.82) is 0 Å². The smallest absolute Gasteiger partial charge is 0.182 e. The molecule has 0 spiro atoms. The highest BCUT2D eigenvalue weighted by Crippen LogP contribution is 2.38. The third-order valence-electron chi connectivity index (χ3n) is 8.31. The van der Waals surface area contributed by atoms with Crippen molar-refractivity contribution in [1.82, 2.24) is 34.1 Å². The zero-order chi connectivity index (χ0) is 30.5. The number of aromatic nitrogens is 7. The molecule has 216 valence electrons. The Balaban J connectivity index is 1.30. The van der Waals surface area contributed by atoms with Crippen molar-refractivity contribution in [3.8, 4) is 45.8 Å². The zero-order valence-electron chi connectivity index (χ0n) is 24.6. The summed E-state index contributed by atoms with van der Waals surface area (Å²) in [5.41, 5.74) is 7.76. The van der Waals surface area contributed by atoms with Crippen LogP contribution in [0.2, 0.25) is 0 Å². The second kappa shape index (κ2) is 10.6. The largest absolute Gasteiger partial charge is 0.315 e. The summed E-state index contributed by atoms with van der Waals surface area (Å²) >= 11 is 0. The summed E-state index contributed by atoms with van der Waals surface area (Å²) in [6, 6.07) is 45.5. The second-order valence-electron chi connectivity index (χ2n) is 11.1. The SMILES string of the molecule is c1ccc(-n2ccc3ccc4c5ccccc5n(-c5cccc(-c6nc(-c7ccccn7)nc(-c7ccccn7)n6)c5)c4c32)cc1. The van der Waals surface area contributed by atoms with E-state index in [1.165, 1.54) is 16.2 Å². The summed E-state index contributed by atoms with van der Waals surface area (Å²) < 4.78 is 4.64. The molecule has 0 atom stereocenters. The number of pyridine rings is 2. The molecular formula is C39H25N7. The lowest BCUT2D eigenvalue weighted by atomic mass is 10.1. The molecule has 0 aliphatic heterocycles. The van der Waals surface area contributed by atoms with Gasteiger partial charge in [-0.05, 0) is 60.7 Å². The normalized spacial score (nSPS) is 11.5. The molecule has 0 fully saturated rings. The van der Waals surface area contributed by atoms with Gasteiger partial charge in [0.15, 0.2) is 17.5 Å². The number of rotatable bonds is 5. The van der Waals surface area contributed by atoms with Crippen molar-refractivity contribution in [2.75, 3.05) is 0 Å². The van der Waals surface area contributed by atoms with Crippen LogP contribution in [0.25, 0.3) is 78.5 Å². The van der Waals surface area contributed by atoms with Gasteiger partial charge < -0.3 is 9.13 Å². The van der Waals surface area contributed by atoms with Gasteiger partial charge in [0, 0.05) is 51.7 Å². The molecule has 0 unspecified atom stereocenters. The lowest BCUT2D eigenvalue weighted by Gasteiger charge is -2.13.